The van der Waals surface area contributed by atoms with Gasteiger partial charge in [-0.3, -0.25) is 19.2 Å². The minimum atomic E-state index is -2.02. The van der Waals surface area contributed by atoms with E-state index in [1.54, 1.807) is 12.1 Å². The van der Waals surface area contributed by atoms with E-state index in [0.29, 0.717) is 12.1 Å². The molecule has 2 aliphatic heterocycles. The largest absolute Gasteiger partial charge is 0.444 e. The smallest absolute Gasteiger partial charge is 0.407 e. The first-order valence-electron chi connectivity index (χ1n) is 18.2. The van der Waals surface area contributed by atoms with Crippen molar-refractivity contribution in [3.8, 4) is 0 Å². The van der Waals surface area contributed by atoms with E-state index in [4.69, 9.17) is 18.3 Å². The highest BCUT2D eigenvalue weighted by molar-refractivity contribution is 6.74. The molecular formula is C38H65N3O9Si2. The van der Waals surface area contributed by atoms with Gasteiger partial charge in [0.05, 0.1) is 24.2 Å². The summed E-state index contributed by atoms with van der Waals surface area (Å²) in [7, 11) is -3.95. The van der Waals surface area contributed by atoms with E-state index in [0.717, 1.165) is 5.56 Å². The zero-order valence-electron chi connectivity index (χ0n) is 34.4. The van der Waals surface area contributed by atoms with Crippen molar-refractivity contribution >= 4 is 46.3 Å². The maximum Gasteiger partial charge on any atom is 0.407 e. The predicted molar refractivity (Wildman–Crippen MR) is 207 cm³/mol. The number of alkyl carbamates (subject to hydrolysis) is 1. The first kappa shape index (κ1) is 45.1. The molecule has 52 heavy (non-hydrogen) atoms. The van der Waals surface area contributed by atoms with Gasteiger partial charge in [-0.2, -0.15) is 0 Å². The molecule has 14 heteroatoms. The number of nitrogens with one attached hydrogen (secondary N) is 3. The van der Waals surface area contributed by atoms with Crippen LogP contribution in [0.2, 0.25) is 36.3 Å². The second-order valence-corrected chi connectivity index (χ2v) is 27.6. The van der Waals surface area contributed by atoms with E-state index in [1.807, 2.05) is 46.8 Å². The lowest BCUT2D eigenvalue weighted by molar-refractivity contribution is -0.173. The third kappa shape index (κ3) is 12.5. The van der Waals surface area contributed by atoms with Gasteiger partial charge in [0.2, 0.25) is 11.8 Å². The van der Waals surface area contributed by atoms with Crippen LogP contribution in [0, 0.1) is 11.8 Å². The fourth-order valence-electron chi connectivity index (χ4n) is 5.33. The maximum atomic E-state index is 12.8. The fourth-order valence-corrected chi connectivity index (χ4v) is 8.19. The quantitative estimate of drug-likeness (QED) is 0.0897. The van der Waals surface area contributed by atoms with Crippen LogP contribution in [0.15, 0.2) is 24.3 Å². The molecule has 2 heterocycles. The van der Waals surface area contributed by atoms with Gasteiger partial charge in [-0.1, -0.05) is 65.8 Å². The second kappa shape index (κ2) is 16.9. The molecule has 6 atom stereocenters. The molecule has 3 N–H and O–H groups in total. The fraction of sp³-hybridized carbons (Fsp3) is 0.711. The Morgan fingerprint density at radius 1 is 0.769 bits per heavy atom. The number of hydrogen-bond donors (Lipinski definition) is 3. The lowest BCUT2D eigenvalue weighted by Gasteiger charge is -2.45. The highest BCUT2D eigenvalue weighted by Crippen LogP contribution is 2.40. The summed E-state index contributed by atoms with van der Waals surface area (Å²) in [6.45, 7) is 32.4. The minimum Gasteiger partial charge on any atom is -0.444 e. The summed E-state index contributed by atoms with van der Waals surface area (Å²) in [5.41, 5.74) is 0.889. The molecule has 2 saturated heterocycles. The SMILES string of the molecule is CC(=O)O[C@H]1NC(=O)[C@@H]1[C@@H](C)O[Si](C)(C)C(C)(C)C.C[C@@H](O[Si](C)(C)C(C)(C)C)[C@H]1C(=O)N[C@@H]1CC(=O)c1ccc(CNC(=O)OC(C)(C)C)cc1. The summed E-state index contributed by atoms with van der Waals surface area (Å²) in [5.74, 6) is -1.32. The van der Waals surface area contributed by atoms with E-state index >= 15 is 0 Å². The molecule has 294 valence electrons. The molecule has 0 saturated carbocycles. The molecule has 1 aromatic rings. The van der Waals surface area contributed by atoms with Crippen LogP contribution in [0.1, 0.15) is 105 Å². The van der Waals surface area contributed by atoms with Crippen LogP contribution >= 0.6 is 0 Å². The number of esters is 1. The van der Waals surface area contributed by atoms with Gasteiger partial charge in [0.25, 0.3) is 0 Å². The Kier molecular flexibility index (Phi) is 14.7. The van der Waals surface area contributed by atoms with E-state index in [2.05, 4.69) is 83.7 Å². The van der Waals surface area contributed by atoms with Crippen LogP contribution in [0.25, 0.3) is 0 Å². The number of carbonyl (C=O) groups is 5. The van der Waals surface area contributed by atoms with Gasteiger partial charge in [-0.15, -0.1) is 0 Å². The maximum absolute atomic E-state index is 12.8. The van der Waals surface area contributed by atoms with Gasteiger partial charge < -0.3 is 34.3 Å². The molecule has 12 nitrogen and oxygen atoms in total. The number of carbonyl (C=O) groups excluding carboxylic acids is 5. The van der Waals surface area contributed by atoms with Gasteiger partial charge in [0.1, 0.15) is 11.5 Å². The minimum absolute atomic E-state index is 0.0313. The van der Waals surface area contributed by atoms with Crippen molar-refractivity contribution in [1.82, 2.24) is 16.0 Å². The highest BCUT2D eigenvalue weighted by Gasteiger charge is 2.50. The van der Waals surface area contributed by atoms with Gasteiger partial charge >= 0.3 is 12.1 Å². The topological polar surface area (TPSA) is 158 Å². The van der Waals surface area contributed by atoms with Gasteiger partial charge in [-0.25, -0.2) is 4.79 Å². The van der Waals surface area contributed by atoms with Crippen molar-refractivity contribution in [3.63, 3.8) is 0 Å². The van der Waals surface area contributed by atoms with Gasteiger partial charge in [0, 0.05) is 25.5 Å². The predicted octanol–water partition coefficient (Wildman–Crippen LogP) is 6.84. The van der Waals surface area contributed by atoms with Crippen LogP contribution in [0.5, 0.6) is 0 Å². The summed E-state index contributed by atoms with van der Waals surface area (Å²) in [6, 6.07) is 6.90. The molecule has 2 aliphatic rings. The molecule has 0 radical (unpaired) electrons. The Bertz CT molecular complexity index is 1440. The van der Waals surface area contributed by atoms with Crippen LogP contribution in [0.3, 0.4) is 0 Å². The number of hydrogen-bond acceptors (Lipinski definition) is 9. The molecule has 3 rings (SSSR count). The lowest BCUT2D eigenvalue weighted by atomic mass is 9.82. The van der Waals surface area contributed by atoms with Crippen molar-refractivity contribution in [2.75, 3.05) is 0 Å². The number of Topliss-reactive ketones (excluding diaryl/α,β-unsaturated/α-hetero) is 1. The molecule has 1 aromatic carbocycles. The molecule has 0 spiro atoms. The summed E-state index contributed by atoms with van der Waals surface area (Å²) in [5, 5.41) is 8.29. The van der Waals surface area contributed by atoms with E-state index in [1.165, 1.54) is 6.92 Å². The van der Waals surface area contributed by atoms with Crippen molar-refractivity contribution < 1.29 is 42.3 Å². The third-order valence-electron chi connectivity index (χ3n) is 10.4. The summed E-state index contributed by atoms with van der Waals surface area (Å²) < 4.78 is 22.9. The van der Waals surface area contributed by atoms with Crippen LogP contribution in [-0.4, -0.2) is 76.4 Å². The number of ether oxygens (including phenoxy) is 2. The summed E-state index contributed by atoms with van der Waals surface area (Å²) >= 11 is 0. The highest BCUT2D eigenvalue weighted by atomic mass is 28.4. The first-order valence-corrected chi connectivity index (χ1v) is 24.0. The monoisotopic (exact) mass is 763 g/mol. The van der Waals surface area contributed by atoms with E-state index in [9.17, 15) is 24.0 Å². The van der Waals surface area contributed by atoms with Crippen LogP contribution < -0.4 is 16.0 Å². The lowest BCUT2D eigenvalue weighted by Crippen LogP contribution is -2.65. The number of benzene rings is 1. The molecule has 0 unspecified atom stereocenters. The number of amides is 3. The Morgan fingerprint density at radius 3 is 1.63 bits per heavy atom. The van der Waals surface area contributed by atoms with Crippen molar-refractivity contribution in [2.45, 2.75) is 162 Å². The standard InChI is InChI=1S/C25H40N2O5Si.C13H25NO4Si/c1-16(32-33(8,9)25(5,6)7)21-19(27-22(21)29)14-20(28)18-12-10-17(11-13-18)15-26-23(30)31-24(2,3)4;1-8(18-19(6,7)13(3,4)5)10-11(16)14-12(10)17-9(2)15/h10-13,16,19,21H,14-15H2,1-9H3,(H,26,30)(H,27,29);8,10,12H,1-7H3,(H,14,16)/t16-,19-,21-;8-,10+,12-/m11/s1. The Balaban J connectivity index is 0.000000418. The molecule has 0 bridgehead atoms. The Labute approximate surface area is 313 Å². The molecule has 0 aromatic heterocycles. The van der Waals surface area contributed by atoms with Crippen molar-refractivity contribution in [2.24, 2.45) is 11.8 Å². The summed E-state index contributed by atoms with van der Waals surface area (Å²) in [6.07, 6.45) is -1.29. The van der Waals surface area contributed by atoms with Crippen molar-refractivity contribution in [1.29, 1.82) is 0 Å². The normalized spacial score (nSPS) is 21.8. The van der Waals surface area contributed by atoms with Crippen LogP contribution in [-0.2, 0) is 39.3 Å². The number of β-lactam (4-membered cyclic amide) rings is 2. The van der Waals surface area contributed by atoms with Gasteiger partial charge in [-0.05, 0) is 76.4 Å². The molecule has 3 amide bonds. The number of ketones is 1. The number of rotatable bonds is 12. The van der Waals surface area contributed by atoms with E-state index in [-0.39, 0.29) is 58.3 Å². The molecule has 2 fully saturated rings. The molecule has 0 aliphatic carbocycles. The van der Waals surface area contributed by atoms with Crippen molar-refractivity contribution in [3.05, 3.63) is 35.4 Å². The average molecular weight is 764 g/mol. The summed E-state index contributed by atoms with van der Waals surface area (Å²) in [4.78, 5) is 59.5. The zero-order valence-corrected chi connectivity index (χ0v) is 36.4. The zero-order chi connectivity index (χ0) is 40.2. The van der Waals surface area contributed by atoms with Crippen LogP contribution in [0.4, 0.5) is 4.79 Å². The van der Waals surface area contributed by atoms with Gasteiger partial charge in [0.15, 0.2) is 28.6 Å². The molecular weight excluding hydrogens is 699 g/mol. The Morgan fingerprint density at radius 2 is 1.23 bits per heavy atom. The Hall–Kier alpha value is -3.08. The second-order valence-electron chi connectivity index (χ2n) is 18.1. The third-order valence-corrected chi connectivity index (χ3v) is 19.5. The van der Waals surface area contributed by atoms with E-state index < -0.39 is 46.4 Å². The average Bonchev–Trinajstić information content (AvgIpc) is 2.92. The first-order chi connectivity index (χ1) is 23.5.